The Kier molecular flexibility index (Phi) is 10.4. The second kappa shape index (κ2) is 12.0. The molecule has 0 amide bonds. The summed E-state index contributed by atoms with van der Waals surface area (Å²) in [4.78, 5) is 6.43. The zero-order valence-corrected chi connectivity index (χ0v) is 18.1. The number of nitrogens with one attached hydrogen (secondary N) is 2. The first-order valence-corrected chi connectivity index (χ1v) is 8.61. The van der Waals surface area contributed by atoms with Gasteiger partial charge >= 0.3 is 6.61 Å². The Bertz CT molecular complexity index is 616. The van der Waals surface area contributed by atoms with Crippen molar-refractivity contribution in [3.63, 3.8) is 0 Å². The minimum absolute atomic E-state index is 0. The first-order chi connectivity index (χ1) is 12.6. The summed E-state index contributed by atoms with van der Waals surface area (Å²) in [5, 5.41) is 6.30. The van der Waals surface area contributed by atoms with Crippen LogP contribution in [0.2, 0.25) is 0 Å². The predicted octanol–water partition coefficient (Wildman–Crippen LogP) is 2.64. The maximum Gasteiger partial charge on any atom is 0.387 e. The van der Waals surface area contributed by atoms with Crippen molar-refractivity contribution in [2.24, 2.45) is 4.99 Å². The largest absolute Gasteiger partial charge is 0.454 e. The van der Waals surface area contributed by atoms with Crippen molar-refractivity contribution in [1.29, 1.82) is 0 Å². The molecular weight excluding hydrogens is 473 g/mol. The maximum absolute atomic E-state index is 12.7. The molecule has 0 radical (unpaired) electrons. The van der Waals surface area contributed by atoms with E-state index in [-0.39, 0.29) is 43.1 Å². The monoisotopic (exact) mass is 500 g/mol. The summed E-state index contributed by atoms with van der Waals surface area (Å²) in [6.07, 6.45) is 0. The Balaban J connectivity index is 0.00000364. The van der Waals surface area contributed by atoms with Crippen LogP contribution in [0, 0.1) is 0 Å². The number of rotatable bonds is 9. The van der Waals surface area contributed by atoms with Crippen LogP contribution >= 0.6 is 24.0 Å². The van der Waals surface area contributed by atoms with E-state index in [1.807, 2.05) is 0 Å². The molecule has 2 rings (SSSR count). The minimum Gasteiger partial charge on any atom is -0.454 e. The molecule has 0 saturated carbocycles. The van der Waals surface area contributed by atoms with E-state index >= 15 is 0 Å². The molecule has 2 N–H and O–H groups in total. The zero-order valence-electron chi connectivity index (χ0n) is 15.8. The van der Waals surface area contributed by atoms with Crippen molar-refractivity contribution in [3.05, 3.63) is 17.7 Å². The van der Waals surface area contributed by atoms with Gasteiger partial charge in [-0.1, -0.05) is 13.8 Å². The second-order valence-corrected chi connectivity index (χ2v) is 5.57. The maximum atomic E-state index is 12.7. The Hall–Kier alpha value is -1.56. The number of ether oxygens (including phenoxy) is 3. The summed E-state index contributed by atoms with van der Waals surface area (Å²) in [6, 6.07) is 3.05. The van der Waals surface area contributed by atoms with Crippen LogP contribution < -0.4 is 24.8 Å². The van der Waals surface area contributed by atoms with Crippen LogP contribution in [0.15, 0.2) is 17.1 Å². The molecule has 1 aromatic carbocycles. The Morgan fingerprint density at radius 1 is 1.22 bits per heavy atom. The molecule has 154 valence electrons. The van der Waals surface area contributed by atoms with Crippen LogP contribution in [-0.4, -0.2) is 57.5 Å². The van der Waals surface area contributed by atoms with Gasteiger partial charge in [-0.2, -0.15) is 8.78 Å². The molecule has 0 spiro atoms. The van der Waals surface area contributed by atoms with E-state index in [2.05, 4.69) is 39.1 Å². The fraction of sp³-hybridized carbons (Fsp3) is 0.588. The van der Waals surface area contributed by atoms with Crippen molar-refractivity contribution in [1.82, 2.24) is 15.5 Å². The van der Waals surface area contributed by atoms with Gasteiger partial charge in [0, 0.05) is 38.3 Å². The van der Waals surface area contributed by atoms with Crippen LogP contribution in [0.5, 0.6) is 17.2 Å². The van der Waals surface area contributed by atoms with E-state index in [9.17, 15) is 8.78 Å². The van der Waals surface area contributed by atoms with Gasteiger partial charge in [0.05, 0.1) is 0 Å². The average molecular weight is 500 g/mol. The smallest absolute Gasteiger partial charge is 0.387 e. The van der Waals surface area contributed by atoms with Gasteiger partial charge in [-0.15, -0.1) is 24.0 Å². The Morgan fingerprint density at radius 2 is 1.89 bits per heavy atom. The SMILES string of the molecule is CCN(CC)CCNC(=NC)NCc1cc2c(cc1OC(F)F)OCO2.I. The molecule has 1 aromatic rings. The fourth-order valence-corrected chi connectivity index (χ4v) is 2.58. The normalized spacial score (nSPS) is 12.9. The highest BCUT2D eigenvalue weighted by Gasteiger charge is 2.20. The number of aliphatic imine (C=N–C) groups is 1. The number of alkyl halides is 2. The molecule has 7 nitrogen and oxygen atoms in total. The van der Waals surface area contributed by atoms with Crippen molar-refractivity contribution in [2.75, 3.05) is 40.0 Å². The summed E-state index contributed by atoms with van der Waals surface area (Å²) < 4.78 is 40.5. The van der Waals surface area contributed by atoms with E-state index in [1.54, 1.807) is 13.1 Å². The molecule has 27 heavy (non-hydrogen) atoms. The van der Waals surface area contributed by atoms with E-state index in [0.717, 1.165) is 26.2 Å². The predicted molar refractivity (Wildman–Crippen MR) is 111 cm³/mol. The number of halogens is 3. The zero-order chi connectivity index (χ0) is 18.9. The molecule has 0 fully saturated rings. The quantitative estimate of drug-likeness (QED) is 0.309. The summed E-state index contributed by atoms with van der Waals surface area (Å²) in [5.74, 6) is 1.53. The molecule has 1 heterocycles. The van der Waals surface area contributed by atoms with Gasteiger partial charge < -0.3 is 29.7 Å². The van der Waals surface area contributed by atoms with Crippen molar-refractivity contribution in [3.8, 4) is 17.2 Å². The van der Waals surface area contributed by atoms with Gasteiger partial charge in [-0.3, -0.25) is 4.99 Å². The number of hydrogen-bond acceptors (Lipinski definition) is 5. The van der Waals surface area contributed by atoms with Gasteiger partial charge in [-0.05, 0) is 19.2 Å². The molecule has 0 aromatic heterocycles. The van der Waals surface area contributed by atoms with Crippen LogP contribution in [0.4, 0.5) is 8.78 Å². The fourth-order valence-electron chi connectivity index (χ4n) is 2.58. The van der Waals surface area contributed by atoms with Crippen LogP contribution in [0.25, 0.3) is 0 Å². The third-order valence-corrected chi connectivity index (χ3v) is 4.06. The minimum atomic E-state index is -2.92. The van der Waals surface area contributed by atoms with Gasteiger partial charge in [0.2, 0.25) is 6.79 Å². The van der Waals surface area contributed by atoms with E-state index < -0.39 is 6.61 Å². The van der Waals surface area contributed by atoms with Crippen LogP contribution in [0.3, 0.4) is 0 Å². The highest BCUT2D eigenvalue weighted by molar-refractivity contribution is 14.0. The Labute approximate surface area is 175 Å². The molecule has 0 aliphatic carbocycles. The highest BCUT2D eigenvalue weighted by atomic mass is 127. The molecule has 0 unspecified atom stereocenters. The number of likely N-dealkylation sites (N-methyl/N-ethyl adjacent to an activating group) is 1. The standard InChI is InChI=1S/C17H26F2N4O3.HI/c1-4-23(5-2)7-6-21-17(20-3)22-10-12-8-14-15(25-11-24-14)9-13(12)26-16(18)19;/h8-9,16H,4-7,10-11H2,1-3H3,(H2,20,21,22);1H. The molecular formula is C17H27F2IN4O3. The third-order valence-electron chi connectivity index (χ3n) is 4.06. The number of fused-ring (bicyclic) bond motifs is 1. The Morgan fingerprint density at radius 3 is 2.48 bits per heavy atom. The van der Waals surface area contributed by atoms with Crippen molar-refractivity contribution >= 4 is 29.9 Å². The van der Waals surface area contributed by atoms with Crippen molar-refractivity contribution in [2.45, 2.75) is 27.0 Å². The van der Waals surface area contributed by atoms with Crippen LogP contribution in [-0.2, 0) is 6.54 Å². The van der Waals surface area contributed by atoms with Gasteiger partial charge in [0.25, 0.3) is 0 Å². The van der Waals surface area contributed by atoms with Crippen LogP contribution in [0.1, 0.15) is 19.4 Å². The molecule has 0 saturated heterocycles. The van der Waals surface area contributed by atoms with Gasteiger partial charge in [0.15, 0.2) is 17.5 Å². The van der Waals surface area contributed by atoms with Crippen molar-refractivity contribution < 1.29 is 23.0 Å². The first kappa shape index (κ1) is 23.5. The lowest BCUT2D eigenvalue weighted by molar-refractivity contribution is -0.0505. The average Bonchev–Trinajstić information content (AvgIpc) is 3.08. The summed E-state index contributed by atoms with van der Waals surface area (Å²) in [6.45, 7) is 5.20. The number of hydrogen-bond donors (Lipinski definition) is 2. The molecule has 0 bridgehead atoms. The summed E-state index contributed by atoms with van der Waals surface area (Å²) in [5.41, 5.74) is 0.529. The summed E-state index contributed by atoms with van der Waals surface area (Å²) >= 11 is 0. The molecule has 10 heteroatoms. The lowest BCUT2D eigenvalue weighted by Gasteiger charge is -2.19. The van der Waals surface area contributed by atoms with Gasteiger partial charge in [0.1, 0.15) is 5.75 Å². The molecule has 1 aliphatic heterocycles. The molecule has 0 atom stereocenters. The van der Waals surface area contributed by atoms with E-state index in [1.165, 1.54) is 6.07 Å². The lowest BCUT2D eigenvalue weighted by Crippen LogP contribution is -2.41. The molecule has 1 aliphatic rings. The van der Waals surface area contributed by atoms with Gasteiger partial charge in [-0.25, -0.2) is 0 Å². The van der Waals surface area contributed by atoms with E-state index in [0.29, 0.717) is 23.0 Å². The number of guanidine groups is 1. The van der Waals surface area contributed by atoms with E-state index in [4.69, 9.17) is 9.47 Å². The summed E-state index contributed by atoms with van der Waals surface area (Å²) in [7, 11) is 1.66. The third kappa shape index (κ3) is 7.17. The first-order valence-electron chi connectivity index (χ1n) is 8.61. The second-order valence-electron chi connectivity index (χ2n) is 5.57. The number of benzene rings is 1. The number of nitrogens with zero attached hydrogens (tertiary/aromatic N) is 2. The topological polar surface area (TPSA) is 67.4 Å². The highest BCUT2D eigenvalue weighted by Crippen LogP contribution is 2.38. The lowest BCUT2D eigenvalue weighted by atomic mass is 10.1.